The number of aryl methyl sites for hydroxylation is 2. The van der Waals surface area contributed by atoms with E-state index in [0.717, 1.165) is 22.3 Å². The molecule has 0 aliphatic carbocycles. The van der Waals surface area contributed by atoms with Gasteiger partial charge in [-0.2, -0.15) is 0 Å². The number of carbonyl (C=O) groups is 3. The van der Waals surface area contributed by atoms with Crippen LogP contribution in [0.25, 0.3) is 0 Å². The van der Waals surface area contributed by atoms with Crippen molar-refractivity contribution in [3.05, 3.63) is 101 Å². The molecule has 0 unspecified atom stereocenters. The molecular formula is C37H48N4O6. The molecule has 1 saturated heterocycles. The van der Waals surface area contributed by atoms with Crippen LogP contribution in [0.4, 0.5) is 4.79 Å². The number of rotatable bonds is 15. The number of para-hydroxylation sites is 1. The summed E-state index contributed by atoms with van der Waals surface area (Å²) >= 11 is 0. The van der Waals surface area contributed by atoms with Gasteiger partial charge < -0.3 is 35.8 Å². The Balaban J connectivity index is 1.52. The number of amides is 4. The number of aliphatic hydroxyl groups excluding tert-OH is 2. The van der Waals surface area contributed by atoms with Gasteiger partial charge in [-0.05, 0) is 61.3 Å². The molecule has 4 rings (SSSR count). The molecule has 5 N–H and O–H groups in total. The second-order valence-electron chi connectivity index (χ2n) is 12.7. The van der Waals surface area contributed by atoms with Gasteiger partial charge in [0.15, 0.2) is 6.61 Å². The van der Waals surface area contributed by atoms with Gasteiger partial charge in [0.25, 0.3) is 5.91 Å². The van der Waals surface area contributed by atoms with E-state index in [-0.39, 0.29) is 37.3 Å². The third kappa shape index (κ3) is 10.3. The second-order valence-corrected chi connectivity index (χ2v) is 12.7. The molecule has 0 aromatic heterocycles. The van der Waals surface area contributed by atoms with Crippen LogP contribution in [0.5, 0.6) is 5.75 Å². The smallest absolute Gasteiger partial charge is 0.320 e. The van der Waals surface area contributed by atoms with Crippen LogP contribution < -0.4 is 20.7 Å². The maximum absolute atomic E-state index is 13.8. The van der Waals surface area contributed by atoms with Crippen LogP contribution in [-0.2, 0) is 22.4 Å². The minimum absolute atomic E-state index is 0.145. The summed E-state index contributed by atoms with van der Waals surface area (Å²) in [4.78, 5) is 41.3. The first-order valence-electron chi connectivity index (χ1n) is 16.3. The Labute approximate surface area is 277 Å². The highest BCUT2D eigenvalue weighted by Crippen LogP contribution is 2.22. The van der Waals surface area contributed by atoms with E-state index in [1.807, 2.05) is 107 Å². The van der Waals surface area contributed by atoms with Crippen molar-refractivity contribution < 1.29 is 29.3 Å². The zero-order valence-electron chi connectivity index (χ0n) is 27.7. The average molecular weight is 645 g/mol. The van der Waals surface area contributed by atoms with Crippen molar-refractivity contribution in [2.24, 2.45) is 5.92 Å². The Morgan fingerprint density at radius 1 is 0.915 bits per heavy atom. The van der Waals surface area contributed by atoms with Gasteiger partial charge in [-0.25, -0.2) is 4.79 Å². The zero-order valence-corrected chi connectivity index (χ0v) is 27.7. The number of hydrogen-bond acceptors (Lipinski definition) is 6. The summed E-state index contributed by atoms with van der Waals surface area (Å²) < 4.78 is 5.89. The Morgan fingerprint density at radius 3 is 2.09 bits per heavy atom. The first-order valence-corrected chi connectivity index (χ1v) is 16.3. The standard InChI is InChI=1S/C37H48N4O6/c1-24(2)34(41-19-18-32(43)40-37(41)46)36(45)38-29(20-27-14-7-5-8-15-27)22-31(42)30(21-28-16-9-6-10-17-28)39-33(44)23-47-35-25(3)12-11-13-26(35)4/h5-17,24,29-32,34,42-43H,18-23H2,1-4H3,(H,38,45)(H,39,44)(H,40,46)/t29-,30-,31-,32+,34-/m0/s1. The van der Waals surface area contributed by atoms with Crippen LogP contribution in [0.3, 0.4) is 0 Å². The molecule has 0 saturated carbocycles. The second kappa shape index (κ2) is 16.9. The van der Waals surface area contributed by atoms with Crippen molar-refractivity contribution in [2.45, 2.75) is 83.8 Å². The van der Waals surface area contributed by atoms with Gasteiger partial charge in [-0.3, -0.25) is 9.59 Å². The summed E-state index contributed by atoms with van der Waals surface area (Å²) in [6.07, 6.45) is -0.721. The van der Waals surface area contributed by atoms with Gasteiger partial charge in [0, 0.05) is 19.0 Å². The lowest BCUT2D eigenvalue weighted by Crippen LogP contribution is -2.61. The summed E-state index contributed by atoms with van der Waals surface area (Å²) in [7, 11) is 0. The van der Waals surface area contributed by atoms with Crippen molar-refractivity contribution in [1.82, 2.24) is 20.9 Å². The molecule has 0 bridgehead atoms. The normalized spacial score (nSPS) is 17.3. The fourth-order valence-electron chi connectivity index (χ4n) is 6.13. The highest BCUT2D eigenvalue weighted by Gasteiger charge is 2.37. The summed E-state index contributed by atoms with van der Waals surface area (Å²) in [5.41, 5.74) is 3.76. The Bertz CT molecular complexity index is 1450. The maximum Gasteiger partial charge on any atom is 0.320 e. The fourth-order valence-corrected chi connectivity index (χ4v) is 6.13. The van der Waals surface area contributed by atoms with Crippen molar-refractivity contribution >= 4 is 17.8 Å². The summed E-state index contributed by atoms with van der Waals surface area (Å²) in [5.74, 6) is -0.259. The van der Waals surface area contributed by atoms with E-state index in [1.54, 1.807) is 0 Å². The van der Waals surface area contributed by atoms with Gasteiger partial charge in [-0.15, -0.1) is 0 Å². The van der Waals surface area contributed by atoms with Gasteiger partial charge in [0.2, 0.25) is 5.91 Å². The van der Waals surface area contributed by atoms with E-state index < -0.39 is 36.5 Å². The molecule has 1 heterocycles. The lowest BCUT2D eigenvalue weighted by Gasteiger charge is -2.38. The van der Waals surface area contributed by atoms with E-state index in [4.69, 9.17) is 4.74 Å². The van der Waals surface area contributed by atoms with Gasteiger partial charge in [-0.1, -0.05) is 92.7 Å². The van der Waals surface area contributed by atoms with E-state index in [9.17, 15) is 24.6 Å². The molecule has 0 radical (unpaired) electrons. The summed E-state index contributed by atoms with van der Waals surface area (Å²) in [5, 5.41) is 30.2. The van der Waals surface area contributed by atoms with Crippen LogP contribution in [0, 0.1) is 19.8 Å². The summed E-state index contributed by atoms with van der Waals surface area (Å²) in [6, 6.07) is 22.6. The first-order chi connectivity index (χ1) is 22.5. The summed E-state index contributed by atoms with van der Waals surface area (Å²) in [6.45, 7) is 7.62. The molecule has 1 fully saturated rings. The Morgan fingerprint density at radius 2 is 1.51 bits per heavy atom. The molecule has 3 aromatic rings. The number of benzene rings is 3. The average Bonchev–Trinajstić information content (AvgIpc) is 3.02. The topological polar surface area (TPSA) is 140 Å². The van der Waals surface area contributed by atoms with Gasteiger partial charge in [0.05, 0.1) is 12.1 Å². The monoisotopic (exact) mass is 644 g/mol. The number of carbonyl (C=O) groups excluding carboxylic acids is 3. The minimum Gasteiger partial charge on any atom is -0.483 e. The Kier molecular flexibility index (Phi) is 12.8. The molecule has 3 aromatic carbocycles. The predicted molar refractivity (Wildman–Crippen MR) is 181 cm³/mol. The van der Waals surface area contributed by atoms with E-state index in [0.29, 0.717) is 25.0 Å². The highest BCUT2D eigenvalue weighted by atomic mass is 16.5. The van der Waals surface area contributed by atoms with Crippen LogP contribution >= 0.6 is 0 Å². The Hall–Kier alpha value is -4.41. The molecular weight excluding hydrogens is 596 g/mol. The van der Waals surface area contributed by atoms with E-state index in [2.05, 4.69) is 16.0 Å². The molecule has 0 spiro atoms. The number of urea groups is 1. The number of ether oxygens (including phenoxy) is 1. The van der Waals surface area contributed by atoms with Crippen LogP contribution in [0.1, 0.15) is 48.9 Å². The number of nitrogens with one attached hydrogen (secondary N) is 3. The van der Waals surface area contributed by atoms with E-state index >= 15 is 0 Å². The lowest BCUT2D eigenvalue weighted by molar-refractivity contribution is -0.129. The van der Waals surface area contributed by atoms with Crippen molar-refractivity contribution in [1.29, 1.82) is 0 Å². The first kappa shape index (κ1) is 35.4. The number of nitrogens with zero attached hydrogens (tertiary/aromatic N) is 1. The molecule has 252 valence electrons. The molecule has 5 atom stereocenters. The molecule has 1 aliphatic rings. The number of hydrogen-bond donors (Lipinski definition) is 5. The predicted octanol–water partition coefficient (Wildman–Crippen LogP) is 3.65. The van der Waals surface area contributed by atoms with Crippen molar-refractivity contribution in [3.63, 3.8) is 0 Å². The molecule has 10 heteroatoms. The fraction of sp³-hybridized carbons (Fsp3) is 0.432. The number of aliphatic hydroxyl groups is 2. The van der Waals surface area contributed by atoms with Crippen molar-refractivity contribution in [3.8, 4) is 5.75 Å². The van der Waals surface area contributed by atoms with E-state index in [1.165, 1.54) is 4.90 Å². The zero-order chi connectivity index (χ0) is 33.9. The largest absolute Gasteiger partial charge is 0.483 e. The molecule has 47 heavy (non-hydrogen) atoms. The SMILES string of the molecule is Cc1cccc(C)c1OCC(=O)N[C@@H](Cc1ccccc1)[C@@H](O)C[C@H](Cc1ccccc1)NC(=O)[C@H](C(C)C)N1CC[C@@H](O)NC1=O. The quantitative estimate of drug-likeness (QED) is 0.171. The van der Waals surface area contributed by atoms with Crippen LogP contribution in [0.2, 0.25) is 0 Å². The van der Waals surface area contributed by atoms with Gasteiger partial charge >= 0.3 is 6.03 Å². The van der Waals surface area contributed by atoms with Gasteiger partial charge in [0.1, 0.15) is 18.0 Å². The minimum atomic E-state index is -1.03. The third-order valence-electron chi connectivity index (χ3n) is 8.49. The van der Waals surface area contributed by atoms with Crippen molar-refractivity contribution in [2.75, 3.05) is 13.2 Å². The highest BCUT2D eigenvalue weighted by molar-refractivity contribution is 5.88. The molecule has 10 nitrogen and oxygen atoms in total. The molecule has 4 amide bonds. The lowest BCUT2D eigenvalue weighted by atomic mass is 9.92. The maximum atomic E-state index is 13.8. The van der Waals surface area contributed by atoms with Crippen LogP contribution in [-0.4, -0.2) is 76.6 Å². The van der Waals surface area contributed by atoms with Crippen LogP contribution in [0.15, 0.2) is 78.9 Å². The third-order valence-corrected chi connectivity index (χ3v) is 8.49. The molecule has 1 aliphatic heterocycles.